The zero-order valence-electron chi connectivity index (χ0n) is 11.6. The predicted molar refractivity (Wildman–Crippen MR) is 72.9 cm³/mol. The molecule has 0 saturated carbocycles. The van der Waals surface area contributed by atoms with Crippen molar-refractivity contribution in [2.45, 2.75) is 18.9 Å². The van der Waals surface area contributed by atoms with E-state index in [1.807, 2.05) is 0 Å². The van der Waals surface area contributed by atoms with Gasteiger partial charge in [-0.25, -0.2) is 9.18 Å². The van der Waals surface area contributed by atoms with E-state index in [-0.39, 0.29) is 12.2 Å². The van der Waals surface area contributed by atoms with E-state index in [0.29, 0.717) is 5.75 Å². The molecule has 0 saturated heterocycles. The number of aliphatic carboxylic acids is 1. The van der Waals surface area contributed by atoms with Gasteiger partial charge in [0.15, 0.2) is 0 Å². The molecule has 0 radical (unpaired) electrons. The summed E-state index contributed by atoms with van der Waals surface area (Å²) in [4.78, 5) is 22.1. The second-order valence-electron chi connectivity index (χ2n) is 4.72. The fraction of sp³-hybridized carbons (Fsp3) is 0.385. The molecule has 1 unspecified atom stereocenters. The summed E-state index contributed by atoms with van der Waals surface area (Å²) >= 11 is 0. The number of benzene rings is 1. The molecular formula is C13H17FN2O5. The molecule has 1 atom stereocenters. The third-order valence-electron chi connectivity index (χ3n) is 2.58. The minimum absolute atomic E-state index is 0.0928. The number of hydrogen-bond acceptors (Lipinski definition) is 4. The molecule has 2 amide bonds. The average Bonchev–Trinajstić information content (AvgIpc) is 2.38. The first-order valence-corrected chi connectivity index (χ1v) is 6.06. The smallest absolute Gasteiger partial charge is 0.319 e. The molecule has 8 heteroatoms. The van der Waals surface area contributed by atoms with Crippen molar-refractivity contribution in [2.75, 3.05) is 19.0 Å². The lowest BCUT2D eigenvalue weighted by molar-refractivity contribution is -0.141. The summed E-state index contributed by atoms with van der Waals surface area (Å²) in [6.45, 7) is 0.976. The fourth-order valence-corrected chi connectivity index (χ4v) is 1.55. The zero-order valence-corrected chi connectivity index (χ0v) is 11.6. The first kappa shape index (κ1) is 16.7. The minimum atomic E-state index is -1.60. The average molecular weight is 300 g/mol. The highest BCUT2D eigenvalue weighted by Crippen LogP contribution is 2.20. The van der Waals surface area contributed by atoms with E-state index in [1.54, 1.807) is 0 Å². The number of methoxy groups -OCH3 is 1. The van der Waals surface area contributed by atoms with Gasteiger partial charge in [-0.3, -0.25) is 4.79 Å². The van der Waals surface area contributed by atoms with Gasteiger partial charge in [-0.15, -0.1) is 0 Å². The molecule has 0 aliphatic heterocycles. The van der Waals surface area contributed by atoms with Gasteiger partial charge in [0.25, 0.3) is 0 Å². The molecule has 116 valence electrons. The Balaban J connectivity index is 2.60. The van der Waals surface area contributed by atoms with Crippen molar-refractivity contribution in [3.05, 3.63) is 24.0 Å². The number of hydrogen-bond donors (Lipinski definition) is 4. The standard InChI is InChI=1S/C13H17FN2O5/c1-13(20,6-11(17)18)7-15-12(19)16-10-5-8(21-2)3-4-9(10)14/h3-5,20H,6-7H2,1-2H3,(H,17,18)(H2,15,16,19). The van der Waals surface area contributed by atoms with Crippen LogP contribution in [-0.4, -0.2) is 41.5 Å². The van der Waals surface area contributed by atoms with Crippen LogP contribution in [0.25, 0.3) is 0 Å². The zero-order chi connectivity index (χ0) is 16.0. The van der Waals surface area contributed by atoms with Gasteiger partial charge in [0.05, 0.1) is 24.8 Å². The van der Waals surface area contributed by atoms with Gasteiger partial charge >= 0.3 is 12.0 Å². The quantitative estimate of drug-likeness (QED) is 0.631. The number of carbonyl (C=O) groups excluding carboxylic acids is 1. The first-order valence-electron chi connectivity index (χ1n) is 6.06. The highest BCUT2D eigenvalue weighted by Gasteiger charge is 2.24. The summed E-state index contributed by atoms with van der Waals surface area (Å²) in [5, 5.41) is 22.8. The highest BCUT2D eigenvalue weighted by molar-refractivity contribution is 5.89. The maximum Gasteiger partial charge on any atom is 0.319 e. The fourth-order valence-electron chi connectivity index (χ4n) is 1.55. The van der Waals surface area contributed by atoms with Crippen LogP contribution in [0.1, 0.15) is 13.3 Å². The van der Waals surface area contributed by atoms with Gasteiger partial charge < -0.3 is 25.6 Å². The van der Waals surface area contributed by atoms with Crippen LogP contribution >= 0.6 is 0 Å². The molecule has 21 heavy (non-hydrogen) atoms. The molecule has 7 nitrogen and oxygen atoms in total. The van der Waals surface area contributed by atoms with Crippen molar-refractivity contribution >= 4 is 17.7 Å². The number of anilines is 1. The van der Waals surface area contributed by atoms with Gasteiger partial charge in [-0.1, -0.05) is 0 Å². The van der Waals surface area contributed by atoms with Crippen molar-refractivity contribution in [1.29, 1.82) is 0 Å². The summed E-state index contributed by atoms with van der Waals surface area (Å²) in [5.41, 5.74) is -1.69. The summed E-state index contributed by atoms with van der Waals surface area (Å²) in [6.07, 6.45) is -0.527. The van der Waals surface area contributed by atoms with Crippen molar-refractivity contribution in [2.24, 2.45) is 0 Å². The Morgan fingerprint density at radius 2 is 2.10 bits per heavy atom. The third-order valence-corrected chi connectivity index (χ3v) is 2.58. The number of carboxylic acids is 1. The molecule has 0 heterocycles. The van der Waals surface area contributed by atoms with Gasteiger partial charge in [0, 0.05) is 12.6 Å². The predicted octanol–water partition coefficient (Wildman–Crippen LogP) is 1.18. The van der Waals surface area contributed by atoms with Crippen LogP contribution in [0.3, 0.4) is 0 Å². The molecule has 1 aromatic carbocycles. The van der Waals surface area contributed by atoms with Crippen LogP contribution in [-0.2, 0) is 4.79 Å². The van der Waals surface area contributed by atoms with E-state index in [0.717, 1.165) is 6.07 Å². The molecule has 1 aromatic rings. The van der Waals surface area contributed by atoms with Crippen LogP contribution in [0.5, 0.6) is 5.75 Å². The Hall–Kier alpha value is -2.35. The molecule has 1 rings (SSSR count). The number of nitrogens with one attached hydrogen (secondary N) is 2. The minimum Gasteiger partial charge on any atom is -0.497 e. The summed E-state index contributed by atoms with van der Waals surface area (Å²) in [7, 11) is 1.40. The Morgan fingerprint density at radius 1 is 1.43 bits per heavy atom. The van der Waals surface area contributed by atoms with Crippen LogP contribution < -0.4 is 15.4 Å². The Labute approximate surface area is 120 Å². The SMILES string of the molecule is COc1ccc(F)c(NC(=O)NCC(C)(O)CC(=O)O)c1. The Bertz CT molecular complexity index is 533. The number of ether oxygens (including phenoxy) is 1. The molecular weight excluding hydrogens is 283 g/mol. The van der Waals surface area contributed by atoms with Crippen LogP contribution in [0.4, 0.5) is 14.9 Å². The molecule has 0 aliphatic carbocycles. The van der Waals surface area contributed by atoms with E-state index in [9.17, 15) is 19.1 Å². The molecule has 0 aromatic heterocycles. The maximum atomic E-state index is 13.5. The number of aliphatic hydroxyl groups is 1. The second-order valence-corrected chi connectivity index (χ2v) is 4.72. The van der Waals surface area contributed by atoms with Crippen LogP contribution in [0.2, 0.25) is 0 Å². The van der Waals surface area contributed by atoms with Crippen LogP contribution in [0.15, 0.2) is 18.2 Å². The van der Waals surface area contributed by atoms with E-state index in [2.05, 4.69) is 10.6 Å². The summed E-state index contributed by atoms with van der Waals surface area (Å²) in [5.74, 6) is -1.48. The lowest BCUT2D eigenvalue weighted by Gasteiger charge is -2.21. The maximum absolute atomic E-state index is 13.5. The molecule has 0 spiro atoms. The van der Waals surface area contributed by atoms with Crippen molar-refractivity contribution in [3.8, 4) is 5.75 Å². The molecule has 4 N–H and O–H groups in total. The van der Waals surface area contributed by atoms with Gasteiger partial charge in [-0.2, -0.15) is 0 Å². The molecule has 0 aliphatic rings. The normalized spacial score (nSPS) is 13.1. The van der Waals surface area contributed by atoms with Crippen molar-refractivity contribution in [1.82, 2.24) is 5.32 Å². The second kappa shape index (κ2) is 6.89. The van der Waals surface area contributed by atoms with Gasteiger partial charge in [0.2, 0.25) is 0 Å². The summed E-state index contributed by atoms with van der Waals surface area (Å²) in [6, 6.07) is 3.06. The molecule has 0 bridgehead atoms. The van der Waals surface area contributed by atoms with Gasteiger partial charge in [-0.05, 0) is 19.1 Å². The van der Waals surface area contributed by atoms with E-state index in [4.69, 9.17) is 9.84 Å². The van der Waals surface area contributed by atoms with E-state index >= 15 is 0 Å². The van der Waals surface area contributed by atoms with Crippen molar-refractivity contribution < 1.29 is 28.9 Å². The summed E-state index contributed by atoms with van der Waals surface area (Å²) < 4.78 is 18.4. The third kappa shape index (κ3) is 5.65. The number of amides is 2. The largest absolute Gasteiger partial charge is 0.497 e. The Morgan fingerprint density at radius 3 is 2.67 bits per heavy atom. The number of halogens is 1. The number of carbonyl (C=O) groups is 2. The lowest BCUT2D eigenvalue weighted by atomic mass is 10.0. The Kier molecular flexibility index (Phi) is 5.48. The van der Waals surface area contributed by atoms with Crippen molar-refractivity contribution in [3.63, 3.8) is 0 Å². The van der Waals surface area contributed by atoms with Crippen LogP contribution in [0, 0.1) is 5.82 Å². The number of rotatable bonds is 6. The topological polar surface area (TPSA) is 108 Å². The number of urea groups is 1. The highest BCUT2D eigenvalue weighted by atomic mass is 19.1. The first-order chi connectivity index (χ1) is 9.73. The van der Waals surface area contributed by atoms with Gasteiger partial charge in [0.1, 0.15) is 11.6 Å². The number of carboxylic acid groups (broad SMARTS) is 1. The van der Waals surface area contributed by atoms with E-state index in [1.165, 1.54) is 26.2 Å². The molecule has 0 fully saturated rings. The monoisotopic (exact) mass is 300 g/mol. The lowest BCUT2D eigenvalue weighted by Crippen LogP contribution is -2.43. The van der Waals surface area contributed by atoms with E-state index < -0.39 is 29.8 Å².